The maximum absolute atomic E-state index is 10.9. The molecule has 1 aliphatic rings. The summed E-state index contributed by atoms with van der Waals surface area (Å²) in [6.45, 7) is 4.00. The SMILES string of the molecule is CC.O=C(O)c1ccccc1OC1CCCC1. The van der Waals surface area contributed by atoms with Gasteiger partial charge in [0.15, 0.2) is 0 Å². The zero-order valence-electron chi connectivity index (χ0n) is 10.5. The Balaban J connectivity index is 0.000000686. The molecule has 1 aromatic carbocycles. The van der Waals surface area contributed by atoms with Crippen LogP contribution in [0.3, 0.4) is 0 Å². The van der Waals surface area contributed by atoms with E-state index in [-0.39, 0.29) is 11.7 Å². The highest BCUT2D eigenvalue weighted by molar-refractivity contribution is 5.90. The minimum Gasteiger partial charge on any atom is -0.490 e. The molecule has 0 aromatic heterocycles. The monoisotopic (exact) mass is 236 g/mol. The van der Waals surface area contributed by atoms with Gasteiger partial charge < -0.3 is 9.84 Å². The van der Waals surface area contributed by atoms with Crippen molar-refractivity contribution in [1.82, 2.24) is 0 Å². The molecule has 0 radical (unpaired) electrons. The number of benzene rings is 1. The van der Waals surface area contributed by atoms with Crippen molar-refractivity contribution >= 4 is 5.97 Å². The predicted octanol–water partition coefficient (Wildman–Crippen LogP) is 3.73. The molecule has 1 aromatic rings. The Bertz CT molecular complexity index is 354. The maximum atomic E-state index is 10.9. The highest BCUT2D eigenvalue weighted by atomic mass is 16.5. The number of hydrogen-bond acceptors (Lipinski definition) is 2. The van der Waals surface area contributed by atoms with Gasteiger partial charge in [0.05, 0.1) is 6.10 Å². The lowest BCUT2D eigenvalue weighted by Gasteiger charge is -2.14. The molecular weight excluding hydrogens is 216 g/mol. The van der Waals surface area contributed by atoms with Crippen molar-refractivity contribution in [2.75, 3.05) is 0 Å². The van der Waals surface area contributed by atoms with Crippen molar-refractivity contribution in [3.8, 4) is 5.75 Å². The molecule has 0 bridgehead atoms. The fourth-order valence-electron chi connectivity index (χ4n) is 1.93. The predicted molar refractivity (Wildman–Crippen MR) is 67.6 cm³/mol. The van der Waals surface area contributed by atoms with Gasteiger partial charge in [0.25, 0.3) is 0 Å². The fraction of sp³-hybridized carbons (Fsp3) is 0.500. The number of ether oxygens (including phenoxy) is 1. The number of carboxylic acids is 1. The van der Waals surface area contributed by atoms with E-state index in [1.165, 1.54) is 12.8 Å². The Labute approximate surface area is 102 Å². The molecule has 17 heavy (non-hydrogen) atoms. The van der Waals surface area contributed by atoms with Gasteiger partial charge in [-0.3, -0.25) is 0 Å². The van der Waals surface area contributed by atoms with E-state index in [0.717, 1.165) is 12.8 Å². The first-order valence-corrected chi connectivity index (χ1v) is 6.26. The van der Waals surface area contributed by atoms with E-state index in [4.69, 9.17) is 9.84 Å². The summed E-state index contributed by atoms with van der Waals surface area (Å²) >= 11 is 0. The normalized spacial score (nSPS) is 14.9. The largest absolute Gasteiger partial charge is 0.490 e. The summed E-state index contributed by atoms with van der Waals surface area (Å²) in [6.07, 6.45) is 4.63. The van der Waals surface area contributed by atoms with Crippen LogP contribution in [0.1, 0.15) is 49.9 Å². The quantitative estimate of drug-likeness (QED) is 0.869. The first kappa shape index (κ1) is 13.6. The molecule has 1 fully saturated rings. The Hall–Kier alpha value is -1.51. The van der Waals surface area contributed by atoms with Crippen LogP contribution in [-0.4, -0.2) is 17.2 Å². The lowest BCUT2D eigenvalue weighted by Crippen LogP contribution is -2.13. The van der Waals surface area contributed by atoms with Crippen LogP contribution in [0.4, 0.5) is 0 Å². The molecule has 1 N–H and O–H groups in total. The van der Waals surface area contributed by atoms with Crippen molar-refractivity contribution in [2.45, 2.75) is 45.6 Å². The van der Waals surface area contributed by atoms with Gasteiger partial charge >= 0.3 is 5.97 Å². The standard InChI is InChI=1S/C12H14O3.C2H6/c13-12(14)10-7-3-4-8-11(10)15-9-5-1-2-6-9;1-2/h3-4,7-9H,1-2,5-6H2,(H,13,14);1-2H3. The van der Waals surface area contributed by atoms with Gasteiger partial charge in [-0.1, -0.05) is 26.0 Å². The fourth-order valence-corrected chi connectivity index (χ4v) is 1.93. The van der Waals surface area contributed by atoms with Gasteiger partial charge in [-0.05, 0) is 37.8 Å². The summed E-state index contributed by atoms with van der Waals surface area (Å²) < 4.78 is 5.69. The highest BCUT2D eigenvalue weighted by Gasteiger charge is 2.19. The van der Waals surface area contributed by atoms with E-state index in [1.807, 2.05) is 13.8 Å². The minimum absolute atomic E-state index is 0.200. The van der Waals surface area contributed by atoms with Crippen LogP contribution in [0.25, 0.3) is 0 Å². The second-order valence-corrected chi connectivity index (χ2v) is 3.83. The second-order valence-electron chi connectivity index (χ2n) is 3.83. The van der Waals surface area contributed by atoms with Crippen LogP contribution in [0, 0.1) is 0 Å². The number of aromatic carboxylic acids is 1. The summed E-state index contributed by atoms with van der Waals surface area (Å²) in [7, 11) is 0. The van der Waals surface area contributed by atoms with E-state index in [9.17, 15) is 4.79 Å². The second kappa shape index (κ2) is 6.94. The van der Waals surface area contributed by atoms with Crippen molar-refractivity contribution < 1.29 is 14.6 Å². The summed E-state index contributed by atoms with van der Waals surface area (Å²) in [5.74, 6) is -0.430. The molecule has 0 saturated heterocycles. The topological polar surface area (TPSA) is 46.5 Å². The average Bonchev–Trinajstić information content (AvgIpc) is 2.85. The van der Waals surface area contributed by atoms with Gasteiger partial charge in [-0.15, -0.1) is 0 Å². The van der Waals surface area contributed by atoms with E-state index < -0.39 is 5.97 Å². The number of rotatable bonds is 3. The molecule has 0 atom stereocenters. The van der Waals surface area contributed by atoms with Gasteiger partial charge in [-0.2, -0.15) is 0 Å². The van der Waals surface area contributed by atoms with Crippen molar-refractivity contribution in [3.63, 3.8) is 0 Å². The van der Waals surface area contributed by atoms with Gasteiger partial charge in [0, 0.05) is 0 Å². The smallest absolute Gasteiger partial charge is 0.339 e. The van der Waals surface area contributed by atoms with E-state index in [1.54, 1.807) is 24.3 Å². The van der Waals surface area contributed by atoms with Crippen LogP contribution in [0.5, 0.6) is 5.75 Å². The molecule has 1 saturated carbocycles. The van der Waals surface area contributed by atoms with Gasteiger partial charge in [0.1, 0.15) is 11.3 Å². The Morgan fingerprint density at radius 2 is 1.82 bits per heavy atom. The molecule has 0 unspecified atom stereocenters. The number of carboxylic acid groups (broad SMARTS) is 1. The summed E-state index contributed by atoms with van der Waals surface area (Å²) in [6, 6.07) is 6.82. The van der Waals surface area contributed by atoms with Crippen LogP contribution >= 0.6 is 0 Å². The average molecular weight is 236 g/mol. The van der Waals surface area contributed by atoms with E-state index in [2.05, 4.69) is 0 Å². The first-order chi connectivity index (χ1) is 8.27. The number of carbonyl (C=O) groups is 1. The highest BCUT2D eigenvalue weighted by Crippen LogP contribution is 2.26. The Morgan fingerprint density at radius 3 is 2.41 bits per heavy atom. The summed E-state index contributed by atoms with van der Waals surface area (Å²) in [5, 5.41) is 8.96. The first-order valence-electron chi connectivity index (χ1n) is 6.26. The maximum Gasteiger partial charge on any atom is 0.339 e. The van der Waals surface area contributed by atoms with Gasteiger partial charge in [-0.25, -0.2) is 4.79 Å². The molecule has 94 valence electrons. The number of para-hydroxylation sites is 1. The van der Waals surface area contributed by atoms with Crippen LogP contribution < -0.4 is 4.74 Å². The van der Waals surface area contributed by atoms with Crippen LogP contribution in [-0.2, 0) is 0 Å². The Morgan fingerprint density at radius 1 is 1.24 bits per heavy atom. The molecule has 0 aliphatic heterocycles. The van der Waals surface area contributed by atoms with Gasteiger partial charge in [0.2, 0.25) is 0 Å². The molecule has 0 heterocycles. The molecule has 2 rings (SSSR count). The zero-order chi connectivity index (χ0) is 12.7. The molecule has 3 heteroatoms. The Kier molecular flexibility index (Phi) is 5.53. The summed E-state index contributed by atoms with van der Waals surface area (Å²) in [5.41, 5.74) is 0.254. The molecule has 0 spiro atoms. The molecule has 0 amide bonds. The lowest BCUT2D eigenvalue weighted by molar-refractivity contribution is 0.0689. The van der Waals surface area contributed by atoms with Crippen LogP contribution in [0.2, 0.25) is 0 Å². The number of hydrogen-bond donors (Lipinski definition) is 1. The van der Waals surface area contributed by atoms with Crippen LogP contribution in [0.15, 0.2) is 24.3 Å². The molecule has 1 aliphatic carbocycles. The van der Waals surface area contributed by atoms with E-state index in [0.29, 0.717) is 5.75 Å². The third kappa shape index (κ3) is 3.77. The zero-order valence-corrected chi connectivity index (χ0v) is 10.5. The molecule has 3 nitrogen and oxygen atoms in total. The lowest BCUT2D eigenvalue weighted by atomic mass is 10.2. The van der Waals surface area contributed by atoms with Crippen molar-refractivity contribution in [1.29, 1.82) is 0 Å². The molecular formula is C14H20O3. The van der Waals surface area contributed by atoms with Crippen molar-refractivity contribution in [3.05, 3.63) is 29.8 Å². The third-order valence-electron chi connectivity index (χ3n) is 2.71. The van der Waals surface area contributed by atoms with Crippen molar-refractivity contribution in [2.24, 2.45) is 0 Å². The summed E-state index contributed by atoms with van der Waals surface area (Å²) in [4.78, 5) is 10.9. The minimum atomic E-state index is -0.927. The van der Waals surface area contributed by atoms with E-state index >= 15 is 0 Å². The third-order valence-corrected chi connectivity index (χ3v) is 2.71.